The van der Waals surface area contributed by atoms with Crippen molar-refractivity contribution in [3.63, 3.8) is 0 Å². The van der Waals surface area contributed by atoms with E-state index < -0.39 is 22.4 Å². The molecule has 1 aliphatic heterocycles. The Balaban J connectivity index is 1.71. The fourth-order valence-electron chi connectivity index (χ4n) is 2.85. The van der Waals surface area contributed by atoms with E-state index in [1.807, 2.05) is 4.90 Å². The minimum Gasteiger partial charge on any atom is -0.424 e. The Labute approximate surface area is 146 Å². The number of nitro benzene ring substituents is 1. The van der Waals surface area contributed by atoms with Crippen LogP contribution >= 0.6 is 0 Å². The van der Waals surface area contributed by atoms with Gasteiger partial charge in [-0.3, -0.25) is 15.0 Å². The number of hydrogen-bond acceptors (Lipinski definition) is 7. The first-order valence-electron chi connectivity index (χ1n) is 7.86. The second-order valence-corrected chi connectivity index (χ2v) is 5.94. The Morgan fingerprint density at radius 2 is 1.92 bits per heavy atom. The van der Waals surface area contributed by atoms with Gasteiger partial charge in [0.2, 0.25) is 11.8 Å². The van der Waals surface area contributed by atoms with E-state index in [1.54, 1.807) is 11.8 Å². The quantitative estimate of drug-likeness (QED) is 0.603. The Hall–Kier alpha value is -2.69. The average molecular weight is 371 g/mol. The summed E-state index contributed by atoms with van der Waals surface area (Å²) in [6.45, 7) is 4.18. The van der Waals surface area contributed by atoms with Crippen LogP contribution < -0.4 is 4.90 Å². The van der Waals surface area contributed by atoms with Gasteiger partial charge in [-0.1, -0.05) is 0 Å². The largest absolute Gasteiger partial charge is 0.424 e. The van der Waals surface area contributed by atoms with E-state index in [4.69, 9.17) is 4.42 Å². The van der Waals surface area contributed by atoms with Gasteiger partial charge in [-0.05, 0) is 12.1 Å². The van der Waals surface area contributed by atoms with Crippen molar-refractivity contribution in [2.75, 3.05) is 31.1 Å². The van der Waals surface area contributed by atoms with Crippen LogP contribution in [0, 0.1) is 17.0 Å². The molecule has 26 heavy (non-hydrogen) atoms. The van der Waals surface area contributed by atoms with Gasteiger partial charge in [-0.15, -0.1) is 10.2 Å². The van der Waals surface area contributed by atoms with Crippen molar-refractivity contribution in [1.82, 2.24) is 15.1 Å². The molecule has 140 valence electrons. The zero-order chi connectivity index (χ0) is 18.9. The molecule has 1 saturated heterocycles. The Morgan fingerprint density at radius 1 is 1.23 bits per heavy atom. The number of aromatic nitrogens is 2. The third-order valence-electron chi connectivity index (χ3n) is 4.14. The highest BCUT2D eigenvalue weighted by Crippen LogP contribution is 2.36. The van der Waals surface area contributed by atoms with Crippen molar-refractivity contribution < 1.29 is 22.5 Å². The van der Waals surface area contributed by atoms with Gasteiger partial charge in [0.1, 0.15) is 5.69 Å². The molecule has 1 fully saturated rings. The van der Waals surface area contributed by atoms with Crippen LogP contribution in [0.3, 0.4) is 0 Å². The maximum absolute atomic E-state index is 12.8. The molecule has 0 radical (unpaired) electrons. The Bertz CT molecular complexity index is 800. The first-order valence-corrected chi connectivity index (χ1v) is 7.86. The standard InChI is InChI=1S/C15H16F3N5O3/c1-10-19-20-14(26-10)9-21-4-6-22(7-5-21)12-3-2-11(15(16,17)18)8-13(12)23(24)25/h2-3,8H,4-7,9H2,1H3. The molecule has 1 aliphatic rings. The van der Waals surface area contributed by atoms with E-state index in [0.29, 0.717) is 50.6 Å². The van der Waals surface area contributed by atoms with Crippen molar-refractivity contribution in [1.29, 1.82) is 0 Å². The van der Waals surface area contributed by atoms with Crippen molar-refractivity contribution >= 4 is 11.4 Å². The number of benzene rings is 1. The minimum absolute atomic E-state index is 0.191. The zero-order valence-corrected chi connectivity index (χ0v) is 13.9. The number of nitro groups is 1. The van der Waals surface area contributed by atoms with Crippen LogP contribution in [0.15, 0.2) is 22.6 Å². The van der Waals surface area contributed by atoms with E-state index in [-0.39, 0.29) is 5.69 Å². The van der Waals surface area contributed by atoms with E-state index in [2.05, 4.69) is 10.2 Å². The number of nitrogens with zero attached hydrogens (tertiary/aromatic N) is 5. The summed E-state index contributed by atoms with van der Waals surface area (Å²) in [7, 11) is 0. The molecule has 0 N–H and O–H groups in total. The van der Waals surface area contributed by atoms with E-state index >= 15 is 0 Å². The number of rotatable bonds is 4. The van der Waals surface area contributed by atoms with E-state index in [1.165, 1.54) is 0 Å². The maximum atomic E-state index is 12.8. The number of anilines is 1. The number of piperazine rings is 1. The molecule has 0 aliphatic carbocycles. The number of halogens is 3. The van der Waals surface area contributed by atoms with Gasteiger partial charge >= 0.3 is 6.18 Å². The molecule has 2 aromatic rings. The average Bonchev–Trinajstić information content (AvgIpc) is 2.99. The van der Waals surface area contributed by atoms with Crippen molar-refractivity contribution in [3.05, 3.63) is 45.7 Å². The molecule has 0 unspecified atom stereocenters. The second-order valence-electron chi connectivity index (χ2n) is 5.94. The predicted octanol–water partition coefficient (Wildman–Crippen LogP) is 2.63. The van der Waals surface area contributed by atoms with Gasteiger partial charge in [-0.2, -0.15) is 13.2 Å². The lowest BCUT2D eigenvalue weighted by atomic mass is 10.1. The highest BCUT2D eigenvalue weighted by Gasteiger charge is 2.34. The molecule has 0 amide bonds. The van der Waals surface area contributed by atoms with Gasteiger partial charge in [0.15, 0.2) is 0 Å². The van der Waals surface area contributed by atoms with Gasteiger partial charge in [0.05, 0.1) is 17.0 Å². The minimum atomic E-state index is -4.62. The number of hydrogen-bond donors (Lipinski definition) is 0. The maximum Gasteiger partial charge on any atom is 0.416 e. The third kappa shape index (κ3) is 3.93. The van der Waals surface area contributed by atoms with Gasteiger partial charge in [0.25, 0.3) is 5.69 Å². The lowest BCUT2D eigenvalue weighted by molar-refractivity contribution is -0.384. The van der Waals surface area contributed by atoms with Crippen LogP contribution in [0.2, 0.25) is 0 Å². The van der Waals surface area contributed by atoms with Crippen LogP contribution in [0.5, 0.6) is 0 Å². The fraction of sp³-hybridized carbons (Fsp3) is 0.467. The van der Waals surface area contributed by atoms with E-state index in [0.717, 1.165) is 12.1 Å². The first-order chi connectivity index (χ1) is 12.2. The van der Waals surface area contributed by atoms with Crippen LogP contribution in [0.4, 0.5) is 24.5 Å². The van der Waals surface area contributed by atoms with Crippen molar-refractivity contribution in [3.8, 4) is 0 Å². The van der Waals surface area contributed by atoms with Gasteiger partial charge in [-0.25, -0.2) is 0 Å². The second kappa shape index (κ2) is 6.90. The lowest BCUT2D eigenvalue weighted by Crippen LogP contribution is -2.46. The normalized spacial score (nSPS) is 16.1. The number of alkyl halides is 3. The molecule has 8 nitrogen and oxygen atoms in total. The summed E-state index contributed by atoms with van der Waals surface area (Å²) in [4.78, 5) is 14.2. The summed E-state index contributed by atoms with van der Waals surface area (Å²) in [6, 6.07) is 2.62. The molecule has 1 aromatic heterocycles. The molecule has 0 saturated carbocycles. The molecule has 0 atom stereocenters. The highest BCUT2D eigenvalue weighted by molar-refractivity contribution is 5.65. The van der Waals surface area contributed by atoms with Crippen LogP contribution in [0.25, 0.3) is 0 Å². The fourth-order valence-corrected chi connectivity index (χ4v) is 2.85. The Morgan fingerprint density at radius 3 is 2.46 bits per heavy atom. The molecule has 1 aromatic carbocycles. The summed E-state index contributed by atoms with van der Waals surface area (Å²) in [6.07, 6.45) is -4.62. The summed E-state index contributed by atoms with van der Waals surface area (Å²) < 4.78 is 43.7. The van der Waals surface area contributed by atoms with Gasteiger partial charge in [0, 0.05) is 39.2 Å². The zero-order valence-electron chi connectivity index (χ0n) is 13.9. The molecule has 0 bridgehead atoms. The first kappa shape index (κ1) is 18.1. The molecular formula is C15H16F3N5O3. The van der Waals surface area contributed by atoms with Gasteiger partial charge < -0.3 is 9.32 Å². The summed E-state index contributed by atoms with van der Waals surface area (Å²) in [5.74, 6) is 0.954. The number of aryl methyl sites for hydroxylation is 1. The topological polar surface area (TPSA) is 88.5 Å². The van der Waals surface area contributed by atoms with Crippen LogP contribution in [0.1, 0.15) is 17.3 Å². The predicted molar refractivity (Wildman–Crippen MR) is 84.6 cm³/mol. The molecular weight excluding hydrogens is 355 g/mol. The summed E-state index contributed by atoms with van der Waals surface area (Å²) in [5.41, 5.74) is -1.38. The van der Waals surface area contributed by atoms with Crippen molar-refractivity contribution in [2.45, 2.75) is 19.6 Å². The van der Waals surface area contributed by atoms with Crippen LogP contribution in [-0.4, -0.2) is 46.2 Å². The van der Waals surface area contributed by atoms with E-state index in [9.17, 15) is 23.3 Å². The molecule has 3 rings (SSSR count). The Kier molecular flexibility index (Phi) is 4.81. The SMILES string of the molecule is Cc1nnc(CN2CCN(c3ccc(C(F)(F)F)cc3[N+](=O)[O-])CC2)o1. The smallest absolute Gasteiger partial charge is 0.416 e. The molecule has 2 heterocycles. The van der Waals surface area contributed by atoms with Crippen LogP contribution in [-0.2, 0) is 12.7 Å². The summed E-state index contributed by atoms with van der Waals surface area (Å²) >= 11 is 0. The molecule has 0 spiro atoms. The highest BCUT2D eigenvalue weighted by atomic mass is 19.4. The lowest BCUT2D eigenvalue weighted by Gasteiger charge is -2.35. The monoisotopic (exact) mass is 371 g/mol. The van der Waals surface area contributed by atoms with Crippen molar-refractivity contribution in [2.24, 2.45) is 0 Å². The third-order valence-corrected chi connectivity index (χ3v) is 4.14. The molecule has 11 heteroatoms. The summed E-state index contributed by atoms with van der Waals surface area (Å²) in [5, 5.41) is 18.9.